The Hall–Kier alpha value is -2.30. The number of hydrogen-bond acceptors (Lipinski definition) is 5. The molecule has 0 saturated heterocycles. The van der Waals surface area contributed by atoms with E-state index in [0.29, 0.717) is 5.95 Å². The number of rotatable bonds is 4. The van der Waals surface area contributed by atoms with Crippen LogP contribution in [0.3, 0.4) is 0 Å². The minimum absolute atomic E-state index is 0.554. The predicted molar refractivity (Wildman–Crippen MR) is 77.4 cm³/mol. The summed E-state index contributed by atoms with van der Waals surface area (Å²) in [5.74, 6) is 2.21. The lowest BCUT2D eigenvalue weighted by Gasteiger charge is -2.15. The number of hydrogen-bond donors (Lipinski definition) is 1. The van der Waals surface area contributed by atoms with Crippen molar-refractivity contribution < 1.29 is 4.74 Å². The molecule has 1 aromatic heterocycles. The quantitative estimate of drug-likeness (QED) is 0.913. The van der Waals surface area contributed by atoms with Gasteiger partial charge in [-0.15, -0.1) is 0 Å². The third-order valence-corrected chi connectivity index (χ3v) is 2.72. The van der Waals surface area contributed by atoms with Crippen molar-refractivity contribution in [2.45, 2.75) is 6.92 Å². The molecule has 0 spiro atoms. The standard InChI is InChI=1S/C14H18N4O/c1-10-9-15-14(17-13(10)18(2)3)16-11-7-5-6-8-12(11)19-4/h5-9H,1-4H3,(H,15,16,17). The highest BCUT2D eigenvalue weighted by Gasteiger charge is 2.08. The Morgan fingerprint density at radius 2 is 1.95 bits per heavy atom. The molecule has 2 aromatic rings. The van der Waals surface area contributed by atoms with Crippen molar-refractivity contribution >= 4 is 17.5 Å². The molecular weight excluding hydrogens is 240 g/mol. The normalized spacial score (nSPS) is 10.1. The van der Waals surface area contributed by atoms with Crippen LogP contribution in [0, 0.1) is 6.92 Å². The summed E-state index contributed by atoms with van der Waals surface area (Å²) < 4.78 is 5.29. The number of methoxy groups -OCH3 is 1. The summed E-state index contributed by atoms with van der Waals surface area (Å²) in [5.41, 5.74) is 1.88. The van der Waals surface area contributed by atoms with Crippen molar-refractivity contribution in [3.05, 3.63) is 36.0 Å². The number of benzene rings is 1. The summed E-state index contributed by atoms with van der Waals surface area (Å²) in [4.78, 5) is 10.7. The molecule has 0 aliphatic heterocycles. The SMILES string of the molecule is COc1ccccc1Nc1ncc(C)c(N(C)C)n1. The highest BCUT2D eigenvalue weighted by atomic mass is 16.5. The van der Waals surface area contributed by atoms with Gasteiger partial charge in [-0.05, 0) is 19.1 Å². The maximum atomic E-state index is 5.29. The first-order valence-electron chi connectivity index (χ1n) is 6.03. The summed E-state index contributed by atoms with van der Waals surface area (Å²) >= 11 is 0. The first kappa shape index (κ1) is 13.1. The second-order valence-corrected chi connectivity index (χ2v) is 4.42. The smallest absolute Gasteiger partial charge is 0.229 e. The number of para-hydroxylation sites is 2. The average Bonchev–Trinajstić information content (AvgIpc) is 2.41. The molecule has 0 aliphatic carbocycles. The van der Waals surface area contributed by atoms with Crippen LogP contribution < -0.4 is 15.0 Å². The molecule has 0 amide bonds. The lowest BCUT2D eigenvalue weighted by Crippen LogP contribution is -2.13. The van der Waals surface area contributed by atoms with Gasteiger partial charge in [0.2, 0.25) is 5.95 Å². The Labute approximate surface area is 113 Å². The Morgan fingerprint density at radius 1 is 1.21 bits per heavy atom. The fraction of sp³-hybridized carbons (Fsp3) is 0.286. The van der Waals surface area contributed by atoms with Crippen LogP contribution in [-0.2, 0) is 0 Å². The second-order valence-electron chi connectivity index (χ2n) is 4.42. The fourth-order valence-corrected chi connectivity index (χ4v) is 1.81. The third kappa shape index (κ3) is 2.93. The van der Waals surface area contributed by atoms with Crippen molar-refractivity contribution in [3.8, 4) is 5.75 Å². The van der Waals surface area contributed by atoms with Crippen LogP contribution in [0.5, 0.6) is 5.75 Å². The van der Waals surface area contributed by atoms with Gasteiger partial charge in [0.25, 0.3) is 0 Å². The van der Waals surface area contributed by atoms with Gasteiger partial charge in [-0.3, -0.25) is 0 Å². The maximum Gasteiger partial charge on any atom is 0.229 e. The zero-order valence-electron chi connectivity index (χ0n) is 11.6. The minimum atomic E-state index is 0.554. The van der Waals surface area contributed by atoms with Gasteiger partial charge in [0.1, 0.15) is 11.6 Å². The van der Waals surface area contributed by atoms with Gasteiger partial charge >= 0.3 is 0 Å². The molecule has 0 unspecified atom stereocenters. The monoisotopic (exact) mass is 258 g/mol. The molecule has 5 nitrogen and oxygen atoms in total. The molecule has 0 atom stereocenters. The molecule has 2 rings (SSSR count). The molecule has 0 aliphatic rings. The van der Waals surface area contributed by atoms with E-state index in [2.05, 4.69) is 15.3 Å². The topological polar surface area (TPSA) is 50.3 Å². The lowest BCUT2D eigenvalue weighted by atomic mass is 10.3. The van der Waals surface area contributed by atoms with Crippen LogP contribution in [0.4, 0.5) is 17.5 Å². The highest BCUT2D eigenvalue weighted by Crippen LogP contribution is 2.26. The van der Waals surface area contributed by atoms with Gasteiger partial charge in [0.15, 0.2) is 0 Å². The van der Waals surface area contributed by atoms with Gasteiger partial charge < -0.3 is 15.0 Å². The van der Waals surface area contributed by atoms with E-state index < -0.39 is 0 Å². The van der Waals surface area contributed by atoms with Crippen LogP contribution in [0.1, 0.15) is 5.56 Å². The van der Waals surface area contributed by atoms with E-state index in [-0.39, 0.29) is 0 Å². The van der Waals surface area contributed by atoms with Crippen molar-refractivity contribution in [1.29, 1.82) is 0 Å². The first-order valence-corrected chi connectivity index (χ1v) is 6.03. The second kappa shape index (κ2) is 5.56. The molecule has 0 radical (unpaired) electrons. The first-order chi connectivity index (χ1) is 9.11. The van der Waals surface area contributed by atoms with Crippen LogP contribution in [-0.4, -0.2) is 31.2 Å². The lowest BCUT2D eigenvalue weighted by molar-refractivity contribution is 0.417. The largest absolute Gasteiger partial charge is 0.495 e. The number of anilines is 3. The Balaban J connectivity index is 2.31. The third-order valence-electron chi connectivity index (χ3n) is 2.72. The zero-order chi connectivity index (χ0) is 13.8. The van der Waals surface area contributed by atoms with Crippen molar-refractivity contribution in [3.63, 3.8) is 0 Å². The minimum Gasteiger partial charge on any atom is -0.495 e. The number of aryl methyl sites for hydroxylation is 1. The van der Waals surface area contributed by atoms with Crippen molar-refractivity contribution in [1.82, 2.24) is 9.97 Å². The summed E-state index contributed by atoms with van der Waals surface area (Å²) in [6, 6.07) is 7.68. The van der Waals surface area contributed by atoms with E-state index in [9.17, 15) is 0 Å². The number of aromatic nitrogens is 2. The molecule has 1 aromatic carbocycles. The zero-order valence-corrected chi connectivity index (χ0v) is 11.6. The molecule has 5 heteroatoms. The van der Waals surface area contributed by atoms with Crippen molar-refractivity contribution in [2.24, 2.45) is 0 Å². The van der Waals surface area contributed by atoms with E-state index >= 15 is 0 Å². The number of nitrogens with zero attached hydrogens (tertiary/aromatic N) is 3. The van der Waals surface area contributed by atoms with Gasteiger partial charge in [0, 0.05) is 25.9 Å². The molecular formula is C14H18N4O. The summed E-state index contributed by atoms with van der Waals surface area (Å²) in [7, 11) is 5.56. The van der Waals surface area contributed by atoms with Crippen molar-refractivity contribution in [2.75, 3.05) is 31.4 Å². The van der Waals surface area contributed by atoms with E-state index in [1.165, 1.54) is 0 Å². The number of ether oxygens (including phenoxy) is 1. The van der Waals surface area contributed by atoms with E-state index in [1.807, 2.05) is 50.2 Å². The molecule has 19 heavy (non-hydrogen) atoms. The number of nitrogens with one attached hydrogen (secondary N) is 1. The molecule has 100 valence electrons. The van der Waals surface area contributed by atoms with E-state index in [1.54, 1.807) is 13.3 Å². The summed E-state index contributed by atoms with van der Waals surface area (Å²) in [6.45, 7) is 1.99. The van der Waals surface area contributed by atoms with Crippen LogP contribution in [0.2, 0.25) is 0 Å². The van der Waals surface area contributed by atoms with Gasteiger partial charge in [0.05, 0.1) is 12.8 Å². The summed E-state index contributed by atoms with van der Waals surface area (Å²) in [5, 5.41) is 3.17. The molecule has 1 heterocycles. The molecule has 1 N–H and O–H groups in total. The molecule has 0 fully saturated rings. The Morgan fingerprint density at radius 3 is 2.63 bits per heavy atom. The highest BCUT2D eigenvalue weighted by molar-refractivity contribution is 5.63. The van der Waals surface area contributed by atoms with E-state index in [4.69, 9.17) is 4.74 Å². The van der Waals surface area contributed by atoms with Crippen LogP contribution in [0.25, 0.3) is 0 Å². The molecule has 0 bridgehead atoms. The van der Waals surface area contributed by atoms with Gasteiger partial charge in [-0.1, -0.05) is 12.1 Å². The maximum absolute atomic E-state index is 5.29. The van der Waals surface area contributed by atoms with Gasteiger partial charge in [-0.25, -0.2) is 4.98 Å². The average molecular weight is 258 g/mol. The predicted octanol–water partition coefficient (Wildman–Crippen LogP) is 2.60. The summed E-state index contributed by atoms with van der Waals surface area (Å²) in [6.07, 6.45) is 1.81. The fourth-order valence-electron chi connectivity index (χ4n) is 1.81. The van der Waals surface area contributed by atoms with Crippen LogP contribution >= 0.6 is 0 Å². The van der Waals surface area contributed by atoms with E-state index in [0.717, 1.165) is 22.8 Å². The van der Waals surface area contributed by atoms with Crippen LogP contribution in [0.15, 0.2) is 30.5 Å². The Kier molecular flexibility index (Phi) is 3.85. The Bertz CT molecular complexity index is 569. The van der Waals surface area contributed by atoms with Gasteiger partial charge in [-0.2, -0.15) is 4.98 Å². The molecule has 0 saturated carbocycles.